The molecule has 0 saturated heterocycles. The largest absolute Gasteiger partial charge is 0.455 e. The molecule has 0 amide bonds. The van der Waals surface area contributed by atoms with Crippen LogP contribution in [-0.4, -0.2) is 4.98 Å². The summed E-state index contributed by atoms with van der Waals surface area (Å²) < 4.78 is 5.72. The van der Waals surface area contributed by atoms with Crippen molar-refractivity contribution >= 4 is 11.6 Å². The lowest BCUT2D eigenvalue weighted by Gasteiger charge is -2.08. The van der Waals surface area contributed by atoms with Gasteiger partial charge < -0.3 is 4.74 Å². The van der Waals surface area contributed by atoms with Gasteiger partial charge in [0.1, 0.15) is 16.7 Å². The summed E-state index contributed by atoms with van der Waals surface area (Å²) in [5.74, 6) is 1.54. The van der Waals surface area contributed by atoms with Crippen LogP contribution in [0.15, 0.2) is 36.5 Å². The molecule has 0 radical (unpaired) electrons. The molecule has 2 aromatic rings. The summed E-state index contributed by atoms with van der Waals surface area (Å²) in [5, 5.41) is 0.466. The van der Waals surface area contributed by atoms with Crippen molar-refractivity contribution < 1.29 is 4.74 Å². The molecule has 0 aliphatic rings. The summed E-state index contributed by atoms with van der Waals surface area (Å²) in [7, 11) is 0. The smallest absolute Gasteiger partial charge is 0.145 e. The Morgan fingerprint density at radius 3 is 2.62 bits per heavy atom. The first-order chi connectivity index (χ1) is 7.65. The molecule has 0 aliphatic carbocycles. The fourth-order valence-corrected chi connectivity index (χ4v) is 1.48. The third-order valence-electron chi connectivity index (χ3n) is 2.27. The Kier molecular flexibility index (Phi) is 3.11. The van der Waals surface area contributed by atoms with Gasteiger partial charge in [-0.25, -0.2) is 4.98 Å². The quantitative estimate of drug-likeness (QED) is 0.728. The van der Waals surface area contributed by atoms with Gasteiger partial charge in [0, 0.05) is 0 Å². The van der Waals surface area contributed by atoms with Gasteiger partial charge in [0.15, 0.2) is 0 Å². The van der Waals surface area contributed by atoms with E-state index in [1.165, 1.54) is 5.56 Å². The Labute approximate surface area is 99.9 Å². The van der Waals surface area contributed by atoms with Crippen molar-refractivity contribution in [2.24, 2.45) is 0 Å². The first-order valence-corrected chi connectivity index (χ1v) is 5.39. The van der Waals surface area contributed by atoms with Gasteiger partial charge in [0.25, 0.3) is 0 Å². The first kappa shape index (κ1) is 11.0. The van der Waals surface area contributed by atoms with Crippen LogP contribution >= 0.6 is 11.6 Å². The van der Waals surface area contributed by atoms with Crippen molar-refractivity contribution in [2.75, 3.05) is 0 Å². The van der Waals surface area contributed by atoms with Crippen LogP contribution in [0.2, 0.25) is 5.15 Å². The van der Waals surface area contributed by atoms with E-state index in [1.54, 1.807) is 18.3 Å². The highest BCUT2D eigenvalue weighted by molar-refractivity contribution is 6.29. The standard InChI is InChI=1S/C13H12ClNO/c1-9-3-4-10(2)12(7-9)16-11-5-6-13(14)15-8-11/h3-8H,1-2H3. The second kappa shape index (κ2) is 4.54. The van der Waals surface area contributed by atoms with Crippen LogP contribution in [0.4, 0.5) is 0 Å². The predicted octanol–water partition coefficient (Wildman–Crippen LogP) is 4.14. The van der Waals surface area contributed by atoms with E-state index >= 15 is 0 Å². The van der Waals surface area contributed by atoms with E-state index in [9.17, 15) is 0 Å². The van der Waals surface area contributed by atoms with E-state index in [1.807, 2.05) is 26.0 Å². The van der Waals surface area contributed by atoms with Gasteiger partial charge in [-0.2, -0.15) is 0 Å². The van der Waals surface area contributed by atoms with Crippen molar-refractivity contribution in [2.45, 2.75) is 13.8 Å². The van der Waals surface area contributed by atoms with Crippen molar-refractivity contribution in [1.29, 1.82) is 0 Å². The van der Waals surface area contributed by atoms with Crippen LogP contribution in [-0.2, 0) is 0 Å². The lowest BCUT2D eigenvalue weighted by atomic mass is 10.1. The molecule has 0 saturated carbocycles. The maximum absolute atomic E-state index is 5.72. The minimum atomic E-state index is 0.466. The number of pyridine rings is 1. The molecule has 3 heteroatoms. The zero-order valence-corrected chi connectivity index (χ0v) is 9.95. The highest BCUT2D eigenvalue weighted by Gasteiger charge is 2.02. The second-order valence-electron chi connectivity index (χ2n) is 3.69. The Balaban J connectivity index is 2.26. The number of benzene rings is 1. The average Bonchev–Trinajstić information content (AvgIpc) is 2.27. The lowest BCUT2D eigenvalue weighted by molar-refractivity contribution is 0.476. The number of halogens is 1. The second-order valence-corrected chi connectivity index (χ2v) is 4.07. The summed E-state index contributed by atoms with van der Waals surface area (Å²) in [4.78, 5) is 3.97. The number of nitrogens with zero attached hydrogens (tertiary/aromatic N) is 1. The Morgan fingerprint density at radius 2 is 1.94 bits per heavy atom. The van der Waals surface area contributed by atoms with Crippen molar-refractivity contribution in [3.05, 3.63) is 52.8 Å². The maximum Gasteiger partial charge on any atom is 0.145 e. The zero-order valence-electron chi connectivity index (χ0n) is 9.20. The third-order valence-corrected chi connectivity index (χ3v) is 2.50. The number of hydrogen-bond donors (Lipinski definition) is 0. The molecule has 16 heavy (non-hydrogen) atoms. The monoisotopic (exact) mass is 233 g/mol. The molecule has 0 N–H and O–H groups in total. The SMILES string of the molecule is Cc1ccc(C)c(Oc2ccc(Cl)nc2)c1. The number of hydrogen-bond acceptors (Lipinski definition) is 2. The van der Waals surface area contributed by atoms with Gasteiger partial charge in [-0.1, -0.05) is 23.7 Å². The minimum absolute atomic E-state index is 0.466. The average molecular weight is 234 g/mol. The van der Waals surface area contributed by atoms with Crippen molar-refractivity contribution in [3.8, 4) is 11.5 Å². The number of ether oxygens (including phenoxy) is 1. The van der Waals surface area contributed by atoms with Crippen molar-refractivity contribution in [1.82, 2.24) is 4.98 Å². The van der Waals surface area contributed by atoms with Gasteiger partial charge in [0.2, 0.25) is 0 Å². The Bertz CT molecular complexity index is 494. The Hall–Kier alpha value is -1.54. The fraction of sp³-hybridized carbons (Fsp3) is 0.154. The molecule has 82 valence electrons. The van der Waals surface area contributed by atoms with Crippen LogP contribution < -0.4 is 4.74 Å². The molecule has 1 aromatic heterocycles. The third kappa shape index (κ3) is 2.52. The van der Waals surface area contributed by atoms with Gasteiger partial charge in [-0.05, 0) is 43.2 Å². The van der Waals surface area contributed by atoms with Crippen LogP contribution in [0.1, 0.15) is 11.1 Å². The lowest BCUT2D eigenvalue weighted by Crippen LogP contribution is -1.89. The van der Waals surface area contributed by atoms with Gasteiger partial charge in [0.05, 0.1) is 6.20 Å². The number of aromatic nitrogens is 1. The summed E-state index contributed by atoms with van der Waals surface area (Å²) in [6.45, 7) is 4.05. The molecule has 0 atom stereocenters. The molecule has 1 heterocycles. The van der Waals surface area contributed by atoms with E-state index in [2.05, 4.69) is 11.1 Å². The highest BCUT2D eigenvalue weighted by atomic mass is 35.5. The molecule has 2 nitrogen and oxygen atoms in total. The zero-order chi connectivity index (χ0) is 11.5. The number of rotatable bonds is 2. The van der Waals surface area contributed by atoms with Gasteiger partial charge >= 0.3 is 0 Å². The molecule has 2 rings (SSSR count). The summed E-state index contributed by atoms with van der Waals surface area (Å²) in [6, 6.07) is 9.61. The van der Waals surface area contributed by atoms with Gasteiger partial charge in [-0.3, -0.25) is 0 Å². The summed E-state index contributed by atoms with van der Waals surface area (Å²) in [6.07, 6.45) is 1.62. The highest BCUT2D eigenvalue weighted by Crippen LogP contribution is 2.25. The van der Waals surface area contributed by atoms with E-state index in [0.717, 1.165) is 11.3 Å². The summed E-state index contributed by atoms with van der Waals surface area (Å²) >= 11 is 5.70. The van der Waals surface area contributed by atoms with Crippen LogP contribution in [0, 0.1) is 13.8 Å². The molecule has 0 aliphatic heterocycles. The molecule has 0 unspecified atom stereocenters. The first-order valence-electron chi connectivity index (χ1n) is 5.02. The van der Waals surface area contributed by atoms with Crippen molar-refractivity contribution in [3.63, 3.8) is 0 Å². The molecule has 0 fully saturated rings. The molecule has 0 bridgehead atoms. The predicted molar refractivity (Wildman–Crippen MR) is 65.2 cm³/mol. The molecule has 0 spiro atoms. The van der Waals surface area contributed by atoms with Crippen LogP contribution in [0.5, 0.6) is 11.5 Å². The number of aryl methyl sites for hydroxylation is 2. The van der Waals surface area contributed by atoms with E-state index < -0.39 is 0 Å². The van der Waals surface area contributed by atoms with E-state index in [4.69, 9.17) is 16.3 Å². The summed E-state index contributed by atoms with van der Waals surface area (Å²) in [5.41, 5.74) is 2.27. The normalized spacial score (nSPS) is 10.2. The topological polar surface area (TPSA) is 22.1 Å². The fourth-order valence-electron chi connectivity index (χ4n) is 1.37. The molecule has 1 aromatic carbocycles. The van der Waals surface area contributed by atoms with Crippen LogP contribution in [0.25, 0.3) is 0 Å². The van der Waals surface area contributed by atoms with Crippen LogP contribution in [0.3, 0.4) is 0 Å². The maximum atomic E-state index is 5.72. The molecular weight excluding hydrogens is 222 g/mol. The molecular formula is C13H12ClNO. The minimum Gasteiger partial charge on any atom is -0.455 e. The van der Waals surface area contributed by atoms with E-state index in [-0.39, 0.29) is 0 Å². The van der Waals surface area contributed by atoms with Gasteiger partial charge in [-0.15, -0.1) is 0 Å². The Morgan fingerprint density at radius 1 is 1.12 bits per heavy atom. The van der Waals surface area contributed by atoms with E-state index in [0.29, 0.717) is 10.9 Å².